The van der Waals surface area contributed by atoms with Gasteiger partial charge in [-0.25, -0.2) is 5.84 Å². The van der Waals surface area contributed by atoms with E-state index in [1.807, 2.05) is 11.8 Å². The number of rotatable bonds is 5. The van der Waals surface area contributed by atoms with Crippen molar-refractivity contribution in [3.8, 4) is 0 Å². The van der Waals surface area contributed by atoms with Crippen LogP contribution in [-0.2, 0) is 14.3 Å². The summed E-state index contributed by atoms with van der Waals surface area (Å²) in [6.45, 7) is 3.19. The molecule has 0 aliphatic carbocycles. The number of hydrogen-bond acceptors (Lipinski definition) is 6. The van der Waals surface area contributed by atoms with Crippen LogP contribution in [0.5, 0.6) is 0 Å². The molecule has 0 aromatic heterocycles. The predicted octanol–water partition coefficient (Wildman–Crippen LogP) is -1.93. The highest BCUT2D eigenvalue weighted by atomic mass is 16.5. The molecule has 0 aromatic carbocycles. The Labute approximate surface area is 101 Å². The summed E-state index contributed by atoms with van der Waals surface area (Å²) in [5.74, 6) is 4.86. The molecule has 1 amide bonds. The van der Waals surface area contributed by atoms with E-state index in [1.165, 1.54) is 7.11 Å². The number of aliphatic hydroxyl groups is 1. The van der Waals surface area contributed by atoms with Crippen LogP contribution >= 0.6 is 0 Å². The number of nitrogens with zero attached hydrogens (tertiary/aromatic N) is 1. The smallest absolute Gasteiger partial charge is 0.253 e. The zero-order valence-electron chi connectivity index (χ0n) is 10.3. The maximum absolute atomic E-state index is 11.6. The van der Waals surface area contributed by atoms with Crippen molar-refractivity contribution < 1.29 is 19.4 Å². The Bertz CT molecular complexity index is 252. The Balaban J connectivity index is 2.68. The quantitative estimate of drug-likeness (QED) is 0.297. The van der Waals surface area contributed by atoms with Crippen molar-refractivity contribution in [2.75, 3.05) is 33.4 Å². The summed E-state index contributed by atoms with van der Waals surface area (Å²) in [7, 11) is 1.53. The van der Waals surface area contributed by atoms with Crippen molar-refractivity contribution in [3.63, 3.8) is 0 Å². The number of hydrogen-bond donors (Lipinski definition) is 3. The average Bonchev–Trinajstić information content (AvgIpc) is 2.34. The third kappa shape index (κ3) is 3.90. The topological polar surface area (TPSA) is 97.0 Å². The second-order valence-electron chi connectivity index (χ2n) is 4.18. The molecule has 0 aromatic rings. The highest BCUT2D eigenvalue weighted by Crippen LogP contribution is 2.14. The number of aliphatic hydroxyl groups excluding tert-OH is 1. The fraction of sp³-hybridized carbons (Fsp3) is 0.900. The number of nitrogens with two attached hydrogens (primary N) is 1. The molecule has 0 saturated carbocycles. The molecule has 0 bridgehead atoms. The van der Waals surface area contributed by atoms with Crippen molar-refractivity contribution in [2.24, 2.45) is 5.84 Å². The number of ether oxygens (including phenoxy) is 2. The number of carbonyl (C=O) groups is 1. The van der Waals surface area contributed by atoms with Crippen molar-refractivity contribution >= 4 is 5.91 Å². The van der Waals surface area contributed by atoms with Crippen LogP contribution in [0.15, 0.2) is 0 Å². The minimum absolute atomic E-state index is 0.0363. The molecule has 1 aliphatic rings. The number of methoxy groups -OCH3 is 1. The largest absolute Gasteiger partial charge is 0.394 e. The van der Waals surface area contributed by atoms with E-state index in [2.05, 4.69) is 5.43 Å². The summed E-state index contributed by atoms with van der Waals surface area (Å²) in [5.41, 5.74) is 2.13. The summed E-state index contributed by atoms with van der Waals surface area (Å²) < 4.78 is 10.5. The Hall–Kier alpha value is -0.730. The molecule has 1 rings (SSSR count). The van der Waals surface area contributed by atoms with E-state index in [9.17, 15) is 4.79 Å². The van der Waals surface area contributed by atoms with E-state index in [-0.39, 0.29) is 31.3 Å². The lowest BCUT2D eigenvalue weighted by Crippen LogP contribution is -2.58. The van der Waals surface area contributed by atoms with Gasteiger partial charge in [0.05, 0.1) is 25.4 Å². The standard InChI is InChI=1S/C10H21N3O4/c1-7-3-13(4-8(5-14)17-7)9(6-16-2)10(15)12-11/h7-9,14H,3-6,11H2,1-2H3,(H,12,15). The summed E-state index contributed by atoms with van der Waals surface area (Å²) >= 11 is 0. The highest BCUT2D eigenvalue weighted by molar-refractivity contribution is 5.81. The molecule has 0 radical (unpaired) electrons. The molecule has 0 spiro atoms. The van der Waals surface area contributed by atoms with Gasteiger partial charge in [-0.1, -0.05) is 0 Å². The Morgan fingerprint density at radius 3 is 2.94 bits per heavy atom. The van der Waals surface area contributed by atoms with Gasteiger partial charge in [-0.2, -0.15) is 0 Å². The summed E-state index contributed by atoms with van der Waals surface area (Å²) in [6.07, 6.45) is -0.311. The molecule has 1 aliphatic heterocycles. The van der Waals surface area contributed by atoms with Gasteiger partial charge < -0.3 is 14.6 Å². The van der Waals surface area contributed by atoms with Crippen LogP contribution in [0.3, 0.4) is 0 Å². The van der Waals surface area contributed by atoms with Crippen LogP contribution in [0, 0.1) is 0 Å². The molecule has 1 saturated heterocycles. The van der Waals surface area contributed by atoms with Gasteiger partial charge >= 0.3 is 0 Å². The van der Waals surface area contributed by atoms with Gasteiger partial charge in [-0.15, -0.1) is 0 Å². The SMILES string of the molecule is COCC(C(=O)NN)N1CC(C)OC(CO)C1. The minimum Gasteiger partial charge on any atom is -0.394 e. The summed E-state index contributed by atoms with van der Waals surface area (Å²) in [5, 5.41) is 9.13. The van der Waals surface area contributed by atoms with Crippen LogP contribution in [0.4, 0.5) is 0 Å². The lowest BCUT2D eigenvalue weighted by atomic mass is 10.1. The predicted molar refractivity (Wildman–Crippen MR) is 61.0 cm³/mol. The fourth-order valence-corrected chi connectivity index (χ4v) is 2.04. The number of nitrogens with one attached hydrogen (secondary N) is 1. The lowest BCUT2D eigenvalue weighted by Gasteiger charge is -2.39. The van der Waals surface area contributed by atoms with Crippen LogP contribution in [0.2, 0.25) is 0 Å². The zero-order chi connectivity index (χ0) is 12.8. The van der Waals surface area contributed by atoms with Gasteiger partial charge in [0, 0.05) is 20.2 Å². The Morgan fingerprint density at radius 1 is 1.71 bits per heavy atom. The van der Waals surface area contributed by atoms with Crippen LogP contribution < -0.4 is 11.3 Å². The van der Waals surface area contributed by atoms with Crippen LogP contribution in [0.1, 0.15) is 6.92 Å². The number of morpholine rings is 1. The third-order valence-electron chi connectivity index (χ3n) is 2.77. The van der Waals surface area contributed by atoms with Crippen molar-refractivity contribution in [3.05, 3.63) is 0 Å². The van der Waals surface area contributed by atoms with Crippen LogP contribution in [0.25, 0.3) is 0 Å². The minimum atomic E-state index is -0.453. The number of amides is 1. The van der Waals surface area contributed by atoms with Gasteiger partial charge in [0.2, 0.25) is 0 Å². The second-order valence-corrected chi connectivity index (χ2v) is 4.18. The van der Waals surface area contributed by atoms with Gasteiger partial charge in [0.1, 0.15) is 6.04 Å². The van der Waals surface area contributed by atoms with Crippen molar-refractivity contribution in [1.82, 2.24) is 10.3 Å². The number of hydrazine groups is 1. The molecule has 17 heavy (non-hydrogen) atoms. The van der Waals surface area contributed by atoms with E-state index in [0.29, 0.717) is 13.1 Å². The molecular formula is C10H21N3O4. The molecule has 3 unspecified atom stereocenters. The van der Waals surface area contributed by atoms with Gasteiger partial charge in [-0.3, -0.25) is 15.1 Å². The first-order chi connectivity index (χ1) is 8.12. The fourth-order valence-electron chi connectivity index (χ4n) is 2.04. The van der Waals surface area contributed by atoms with Gasteiger partial charge in [0.25, 0.3) is 5.91 Å². The van der Waals surface area contributed by atoms with E-state index < -0.39 is 6.04 Å². The summed E-state index contributed by atoms with van der Waals surface area (Å²) in [6, 6.07) is -0.453. The van der Waals surface area contributed by atoms with Gasteiger partial charge in [-0.05, 0) is 6.92 Å². The molecule has 7 nitrogen and oxygen atoms in total. The first-order valence-corrected chi connectivity index (χ1v) is 5.62. The normalized spacial score (nSPS) is 27.8. The molecule has 1 heterocycles. The van der Waals surface area contributed by atoms with Crippen molar-refractivity contribution in [2.45, 2.75) is 25.2 Å². The second kappa shape index (κ2) is 6.87. The third-order valence-corrected chi connectivity index (χ3v) is 2.77. The van der Waals surface area contributed by atoms with Crippen molar-refractivity contribution in [1.29, 1.82) is 0 Å². The van der Waals surface area contributed by atoms with E-state index in [1.54, 1.807) is 0 Å². The average molecular weight is 247 g/mol. The molecular weight excluding hydrogens is 226 g/mol. The Morgan fingerprint density at radius 2 is 2.41 bits per heavy atom. The lowest BCUT2D eigenvalue weighted by molar-refractivity contribution is -0.140. The number of carbonyl (C=O) groups excluding carboxylic acids is 1. The Kier molecular flexibility index (Phi) is 5.79. The van der Waals surface area contributed by atoms with E-state index in [0.717, 1.165) is 0 Å². The molecule has 1 fully saturated rings. The zero-order valence-corrected chi connectivity index (χ0v) is 10.3. The molecule has 4 N–H and O–H groups in total. The summed E-state index contributed by atoms with van der Waals surface area (Å²) in [4.78, 5) is 13.6. The maximum atomic E-state index is 11.6. The van der Waals surface area contributed by atoms with Crippen LogP contribution in [-0.4, -0.2) is 67.6 Å². The van der Waals surface area contributed by atoms with E-state index in [4.69, 9.17) is 20.4 Å². The highest BCUT2D eigenvalue weighted by Gasteiger charge is 2.33. The maximum Gasteiger partial charge on any atom is 0.253 e. The molecule has 3 atom stereocenters. The molecule has 100 valence electrons. The molecule has 7 heteroatoms. The first-order valence-electron chi connectivity index (χ1n) is 5.62. The van der Waals surface area contributed by atoms with E-state index >= 15 is 0 Å². The van der Waals surface area contributed by atoms with Gasteiger partial charge in [0.15, 0.2) is 0 Å². The monoisotopic (exact) mass is 247 g/mol. The first kappa shape index (κ1) is 14.3.